The summed E-state index contributed by atoms with van der Waals surface area (Å²) in [5.74, 6) is 0.808. The van der Waals surface area contributed by atoms with E-state index in [0.717, 1.165) is 12.5 Å². The minimum Gasteiger partial charge on any atom is -0.326 e. The minimum absolute atomic E-state index is 0.0288. The summed E-state index contributed by atoms with van der Waals surface area (Å²) < 4.78 is 12.9. The van der Waals surface area contributed by atoms with Crippen molar-refractivity contribution in [2.45, 2.75) is 83.3 Å². The van der Waals surface area contributed by atoms with Crippen molar-refractivity contribution in [2.24, 2.45) is 17.4 Å². The van der Waals surface area contributed by atoms with E-state index in [1.165, 1.54) is 19.4 Å². The van der Waals surface area contributed by atoms with E-state index < -0.39 is 6.17 Å². The maximum atomic E-state index is 12.9. The van der Waals surface area contributed by atoms with E-state index >= 15 is 0 Å². The lowest BCUT2D eigenvalue weighted by molar-refractivity contribution is 0.0987. The Bertz CT molecular complexity index is 340. The Kier molecular flexibility index (Phi) is 6.22. The van der Waals surface area contributed by atoms with Crippen molar-refractivity contribution in [3.8, 4) is 0 Å². The maximum absolute atomic E-state index is 12.9. The van der Waals surface area contributed by atoms with Gasteiger partial charge in [0, 0.05) is 49.8 Å². The molecular formula is C17H35FN4. The molecular weight excluding hydrogens is 279 g/mol. The van der Waals surface area contributed by atoms with Crippen LogP contribution < -0.4 is 11.5 Å². The second-order valence-electron chi connectivity index (χ2n) is 7.91. The van der Waals surface area contributed by atoms with Crippen LogP contribution in [0, 0.1) is 5.92 Å². The Morgan fingerprint density at radius 2 is 1.64 bits per heavy atom. The summed E-state index contributed by atoms with van der Waals surface area (Å²) in [5, 5.41) is 0. The summed E-state index contributed by atoms with van der Waals surface area (Å²) in [6.45, 7) is 11.4. The summed E-state index contributed by atoms with van der Waals surface area (Å²) in [4.78, 5) is 4.66. The van der Waals surface area contributed by atoms with Crippen LogP contribution in [0.25, 0.3) is 0 Å². The molecule has 3 aliphatic rings. The quantitative estimate of drug-likeness (QED) is 0.812. The number of halogens is 1. The Morgan fingerprint density at radius 3 is 2.00 bits per heavy atom. The van der Waals surface area contributed by atoms with E-state index in [-0.39, 0.29) is 6.04 Å². The molecule has 1 saturated carbocycles. The summed E-state index contributed by atoms with van der Waals surface area (Å²) in [5.41, 5.74) is 11.7. The lowest BCUT2D eigenvalue weighted by atomic mass is 10.0. The van der Waals surface area contributed by atoms with E-state index in [2.05, 4.69) is 37.5 Å². The number of nitrogens with zero attached hydrogens (tertiary/aromatic N) is 2. The predicted octanol–water partition coefficient (Wildman–Crippen LogP) is 1.58. The molecule has 2 heterocycles. The largest absolute Gasteiger partial charge is 0.326 e. The molecule has 0 radical (unpaired) electrons. The molecule has 5 heteroatoms. The third kappa shape index (κ3) is 4.19. The zero-order valence-electron chi connectivity index (χ0n) is 14.7. The number of fused-ring (bicyclic) bond motifs is 2. The van der Waals surface area contributed by atoms with Crippen LogP contribution in [0.2, 0.25) is 0 Å². The number of piperidine rings is 2. The highest BCUT2D eigenvalue weighted by molar-refractivity contribution is 5.02. The van der Waals surface area contributed by atoms with Gasteiger partial charge in [0.25, 0.3) is 0 Å². The molecule has 3 rings (SSSR count). The van der Waals surface area contributed by atoms with E-state index in [1.807, 2.05) is 0 Å². The summed E-state index contributed by atoms with van der Waals surface area (Å²) >= 11 is 0. The highest BCUT2D eigenvalue weighted by atomic mass is 19.1. The van der Waals surface area contributed by atoms with Gasteiger partial charge in [-0.1, -0.05) is 0 Å². The number of hydrogen-bond donors (Lipinski definition) is 2. The van der Waals surface area contributed by atoms with Crippen LogP contribution in [0.5, 0.6) is 0 Å². The zero-order valence-corrected chi connectivity index (χ0v) is 14.7. The highest BCUT2D eigenvalue weighted by Crippen LogP contribution is 2.37. The van der Waals surface area contributed by atoms with Gasteiger partial charge in [-0.05, 0) is 52.9 Å². The SMILES string of the molecule is CC(C)N1C[C@H](N)C[C@@H](F)C1.CC(C)N1C[C@H]2CC[C@@H]1[C@@H]2N. The molecule has 22 heavy (non-hydrogen) atoms. The summed E-state index contributed by atoms with van der Waals surface area (Å²) in [6, 6.07) is 2.33. The molecule has 0 spiro atoms. The van der Waals surface area contributed by atoms with Gasteiger partial charge in [-0.25, -0.2) is 4.39 Å². The summed E-state index contributed by atoms with van der Waals surface area (Å²) in [6.07, 6.45) is 2.52. The van der Waals surface area contributed by atoms with Gasteiger partial charge in [0.05, 0.1) is 0 Å². The standard InChI is InChI=1S/C9H18N2.C8H17FN2/c1-6(2)11-5-7-3-4-8(11)9(7)10;1-6(2)11-4-7(9)3-8(10)5-11/h6-9H,3-5,10H2,1-2H3;6-8H,3-5,10H2,1-2H3/t7-,8-,9-;7-,8-/m11/s1. The second kappa shape index (κ2) is 7.56. The smallest absolute Gasteiger partial charge is 0.114 e. The Balaban J connectivity index is 0.000000160. The molecule has 0 aromatic heterocycles. The molecule has 5 atom stereocenters. The predicted molar refractivity (Wildman–Crippen MR) is 90.5 cm³/mol. The van der Waals surface area contributed by atoms with E-state index in [0.29, 0.717) is 37.1 Å². The van der Waals surface area contributed by atoms with Crippen LogP contribution in [0.4, 0.5) is 4.39 Å². The first-order chi connectivity index (χ1) is 10.3. The highest BCUT2D eigenvalue weighted by Gasteiger charge is 2.45. The van der Waals surface area contributed by atoms with Crippen molar-refractivity contribution >= 4 is 0 Å². The first-order valence-corrected chi connectivity index (χ1v) is 8.94. The van der Waals surface area contributed by atoms with Crippen LogP contribution in [-0.2, 0) is 0 Å². The Hall–Kier alpha value is -0.230. The lowest BCUT2D eigenvalue weighted by Crippen LogP contribution is -2.50. The van der Waals surface area contributed by atoms with Gasteiger partial charge in [-0.3, -0.25) is 9.80 Å². The third-order valence-corrected chi connectivity index (χ3v) is 5.55. The number of nitrogens with two attached hydrogens (primary N) is 2. The first kappa shape index (κ1) is 18.1. The van der Waals surface area contributed by atoms with Gasteiger partial charge >= 0.3 is 0 Å². The Labute approximate surface area is 135 Å². The van der Waals surface area contributed by atoms with Crippen molar-refractivity contribution in [3.63, 3.8) is 0 Å². The lowest BCUT2D eigenvalue weighted by Gasteiger charge is -2.35. The van der Waals surface area contributed by atoms with Gasteiger partial charge in [0.1, 0.15) is 6.17 Å². The zero-order chi connectivity index (χ0) is 16.4. The van der Waals surface area contributed by atoms with E-state index in [9.17, 15) is 4.39 Å². The average molecular weight is 314 g/mol. The first-order valence-electron chi connectivity index (χ1n) is 8.94. The van der Waals surface area contributed by atoms with Crippen molar-refractivity contribution in [1.82, 2.24) is 9.80 Å². The van der Waals surface area contributed by atoms with Crippen LogP contribution in [0.3, 0.4) is 0 Å². The molecule has 0 amide bonds. The molecule has 4 nitrogen and oxygen atoms in total. The van der Waals surface area contributed by atoms with Gasteiger partial charge in [0.2, 0.25) is 0 Å². The number of hydrogen-bond acceptors (Lipinski definition) is 4. The molecule has 0 aromatic carbocycles. The van der Waals surface area contributed by atoms with Gasteiger partial charge in [0.15, 0.2) is 0 Å². The molecule has 4 N–H and O–H groups in total. The van der Waals surface area contributed by atoms with Crippen molar-refractivity contribution < 1.29 is 4.39 Å². The second-order valence-corrected chi connectivity index (χ2v) is 7.91. The van der Waals surface area contributed by atoms with Gasteiger partial charge < -0.3 is 11.5 Å². The number of likely N-dealkylation sites (tertiary alicyclic amines) is 2. The molecule has 1 aliphatic carbocycles. The fourth-order valence-electron chi connectivity index (χ4n) is 4.21. The van der Waals surface area contributed by atoms with Crippen LogP contribution in [-0.4, -0.2) is 65.8 Å². The maximum Gasteiger partial charge on any atom is 0.114 e. The van der Waals surface area contributed by atoms with Gasteiger partial charge in [-0.15, -0.1) is 0 Å². The summed E-state index contributed by atoms with van der Waals surface area (Å²) in [7, 11) is 0. The van der Waals surface area contributed by atoms with Crippen molar-refractivity contribution in [1.29, 1.82) is 0 Å². The normalized spacial score (nSPS) is 39.4. The molecule has 0 unspecified atom stereocenters. The minimum atomic E-state index is -0.721. The van der Waals surface area contributed by atoms with Crippen LogP contribution in [0.15, 0.2) is 0 Å². The molecule has 2 bridgehead atoms. The number of alkyl halides is 1. The average Bonchev–Trinajstić information content (AvgIpc) is 2.94. The van der Waals surface area contributed by atoms with Crippen molar-refractivity contribution in [2.75, 3.05) is 19.6 Å². The molecule has 3 fully saturated rings. The fraction of sp³-hybridized carbons (Fsp3) is 1.00. The molecule has 2 saturated heterocycles. The topological polar surface area (TPSA) is 58.5 Å². The van der Waals surface area contributed by atoms with E-state index in [4.69, 9.17) is 11.5 Å². The van der Waals surface area contributed by atoms with Crippen molar-refractivity contribution in [3.05, 3.63) is 0 Å². The van der Waals surface area contributed by atoms with Gasteiger partial charge in [-0.2, -0.15) is 0 Å². The number of rotatable bonds is 2. The van der Waals surface area contributed by atoms with Crippen LogP contribution >= 0.6 is 0 Å². The molecule has 2 aliphatic heterocycles. The van der Waals surface area contributed by atoms with Crippen LogP contribution in [0.1, 0.15) is 47.0 Å². The monoisotopic (exact) mass is 314 g/mol. The fourth-order valence-corrected chi connectivity index (χ4v) is 4.21. The third-order valence-electron chi connectivity index (χ3n) is 5.55. The van der Waals surface area contributed by atoms with E-state index in [1.54, 1.807) is 0 Å². The molecule has 0 aromatic rings. The Morgan fingerprint density at radius 1 is 0.955 bits per heavy atom. The molecule has 130 valence electrons.